The van der Waals surface area contributed by atoms with Gasteiger partial charge in [0.25, 0.3) is 5.91 Å². The standard InChI is InChI=1S/C19H17BrN4O/c1-13-2-4-14(5-3-13)10-21-19-22-11-15(12-23-19)18(25)24-17-8-6-16(20)7-9-17/h2-9,11-12H,10H2,1H3,(H,24,25)(H,21,22,23). The smallest absolute Gasteiger partial charge is 0.258 e. The summed E-state index contributed by atoms with van der Waals surface area (Å²) in [6, 6.07) is 15.6. The third-order valence-corrected chi connectivity index (χ3v) is 4.12. The molecule has 126 valence electrons. The van der Waals surface area contributed by atoms with Crippen molar-refractivity contribution in [1.82, 2.24) is 9.97 Å². The predicted molar refractivity (Wildman–Crippen MR) is 103 cm³/mol. The minimum atomic E-state index is -0.243. The summed E-state index contributed by atoms with van der Waals surface area (Å²) in [5.41, 5.74) is 3.49. The second-order valence-corrected chi connectivity index (χ2v) is 6.51. The molecular weight excluding hydrogens is 380 g/mol. The van der Waals surface area contributed by atoms with Gasteiger partial charge in [0.05, 0.1) is 5.56 Å². The van der Waals surface area contributed by atoms with Crippen LogP contribution in [0.2, 0.25) is 0 Å². The quantitative estimate of drug-likeness (QED) is 0.669. The van der Waals surface area contributed by atoms with Gasteiger partial charge in [0.1, 0.15) is 0 Å². The Morgan fingerprint density at radius 1 is 1.00 bits per heavy atom. The van der Waals surface area contributed by atoms with Gasteiger partial charge in [0, 0.05) is 29.1 Å². The topological polar surface area (TPSA) is 66.9 Å². The predicted octanol–water partition coefficient (Wildman–Crippen LogP) is 4.41. The molecular formula is C19H17BrN4O. The first-order chi connectivity index (χ1) is 12.1. The van der Waals surface area contributed by atoms with E-state index in [1.165, 1.54) is 18.0 Å². The van der Waals surface area contributed by atoms with Crippen LogP contribution in [0.25, 0.3) is 0 Å². The molecule has 1 heterocycles. The number of amides is 1. The summed E-state index contributed by atoms with van der Waals surface area (Å²) < 4.78 is 0.956. The number of aromatic nitrogens is 2. The van der Waals surface area contributed by atoms with Gasteiger partial charge in [-0.2, -0.15) is 0 Å². The highest BCUT2D eigenvalue weighted by Gasteiger charge is 2.07. The molecule has 0 atom stereocenters. The van der Waals surface area contributed by atoms with Crippen molar-refractivity contribution >= 4 is 33.5 Å². The molecule has 2 N–H and O–H groups in total. The number of rotatable bonds is 5. The summed E-state index contributed by atoms with van der Waals surface area (Å²) in [7, 11) is 0. The van der Waals surface area contributed by atoms with Gasteiger partial charge in [0.15, 0.2) is 0 Å². The zero-order chi connectivity index (χ0) is 17.6. The highest BCUT2D eigenvalue weighted by atomic mass is 79.9. The van der Waals surface area contributed by atoms with Crippen molar-refractivity contribution in [3.05, 3.63) is 82.1 Å². The largest absolute Gasteiger partial charge is 0.350 e. The fourth-order valence-electron chi connectivity index (χ4n) is 2.16. The van der Waals surface area contributed by atoms with E-state index in [4.69, 9.17) is 0 Å². The van der Waals surface area contributed by atoms with Crippen LogP contribution in [0.5, 0.6) is 0 Å². The zero-order valence-electron chi connectivity index (χ0n) is 13.7. The molecule has 0 aliphatic carbocycles. The first-order valence-electron chi connectivity index (χ1n) is 7.78. The lowest BCUT2D eigenvalue weighted by Crippen LogP contribution is -2.13. The highest BCUT2D eigenvalue weighted by Crippen LogP contribution is 2.15. The maximum absolute atomic E-state index is 12.2. The third-order valence-electron chi connectivity index (χ3n) is 3.59. The minimum Gasteiger partial charge on any atom is -0.350 e. The Labute approximate surface area is 154 Å². The van der Waals surface area contributed by atoms with Crippen molar-refractivity contribution in [1.29, 1.82) is 0 Å². The van der Waals surface area contributed by atoms with Crippen LogP contribution in [0.1, 0.15) is 21.5 Å². The molecule has 0 spiro atoms. The van der Waals surface area contributed by atoms with E-state index in [0.29, 0.717) is 18.1 Å². The Kier molecular flexibility index (Phi) is 5.40. The molecule has 1 aromatic heterocycles. The van der Waals surface area contributed by atoms with E-state index in [9.17, 15) is 4.79 Å². The van der Waals surface area contributed by atoms with Gasteiger partial charge in [0.2, 0.25) is 5.95 Å². The molecule has 3 rings (SSSR count). The Bertz CT molecular complexity index is 846. The maximum atomic E-state index is 12.2. The van der Waals surface area contributed by atoms with Crippen molar-refractivity contribution < 1.29 is 4.79 Å². The number of hydrogen-bond donors (Lipinski definition) is 2. The van der Waals surface area contributed by atoms with Crippen molar-refractivity contribution in [2.45, 2.75) is 13.5 Å². The van der Waals surface area contributed by atoms with Crippen LogP contribution in [0.3, 0.4) is 0 Å². The van der Waals surface area contributed by atoms with Crippen molar-refractivity contribution in [3.63, 3.8) is 0 Å². The molecule has 0 saturated heterocycles. The first kappa shape index (κ1) is 17.1. The molecule has 0 aliphatic heterocycles. The molecule has 25 heavy (non-hydrogen) atoms. The van der Waals surface area contributed by atoms with Gasteiger partial charge >= 0.3 is 0 Å². The Morgan fingerprint density at radius 3 is 2.28 bits per heavy atom. The molecule has 2 aromatic carbocycles. The van der Waals surface area contributed by atoms with Crippen LogP contribution >= 0.6 is 15.9 Å². The molecule has 0 unspecified atom stereocenters. The van der Waals surface area contributed by atoms with E-state index in [1.807, 2.05) is 24.3 Å². The van der Waals surface area contributed by atoms with Gasteiger partial charge in [-0.05, 0) is 36.8 Å². The molecule has 5 nitrogen and oxygen atoms in total. The molecule has 3 aromatic rings. The van der Waals surface area contributed by atoms with Crippen LogP contribution in [0.15, 0.2) is 65.4 Å². The summed E-state index contributed by atoms with van der Waals surface area (Å²) in [5, 5.41) is 5.95. The summed E-state index contributed by atoms with van der Waals surface area (Å²) in [6.07, 6.45) is 3.03. The number of benzene rings is 2. The highest BCUT2D eigenvalue weighted by molar-refractivity contribution is 9.10. The number of carbonyl (C=O) groups excluding carboxylic acids is 1. The molecule has 0 bridgehead atoms. The number of halogens is 1. The Hall–Kier alpha value is -2.73. The van der Waals surface area contributed by atoms with Crippen LogP contribution in [0.4, 0.5) is 11.6 Å². The molecule has 0 aliphatic rings. The van der Waals surface area contributed by atoms with E-state index in [1.54, 1.807) is 0 Å². The molecule has 0 fully saturated rings. The van der Waals surface area contributed by atoms with Gasteiger partial charge in [-0.3, -0.25) is 4.79 Å². The van der Waals surface area contributed by atoms with Crippen molar-refractivity contribution in [3.8, 4) is 0 Å². The van der Waals surface area contributed by atoms with Gasteiger partial charge in [-0.1, -0.05) is 45.8 Å². The van der Waals surface area contributed by atoms with Crippen LogP contribution in [0, 0.1) is 6.92 Å². The summed E-state index contributed by atoms with van der Waals surface area (Å²) in [5.74, 6) is 0.244. The van der Waals surface area contributed by atoms with Crippen LogP contribution in [-0.4, -0.2) is 15.9 Å². The molecule has 6 heteroatoms. The van der Waals surface area contributed by atoms with Crippen molar-refractivity contribution in [2.24, 2.45) is 0 Å². The average molecular weight is 397 g/mol. The summed E-state index contributed by atoms with van der Waals surface area (Å²) >= 11 is 3.36. The maximum Gasteiger partial charge on any atom is 0.258 e. The second kappa shape index (κ2) is 7.90. The molecule has 0 saturated carbocycles. The SMILES string of the molecule is Cc1ccc(CNc2ncc(C(=O)Nc3ccc(Br)cc3)cn2)cc1. The number of nitrogens with one attached hydrogen (secondary N) is 2. The van der Waals surface area contributed by atoms with E-state index in [0.717, 1.165) is 15.7 Å². The molecule has 0 radical (unpaired) electrons. The first-order valence-corrected chi connectivity index (χ1v) is 8.58. The zero-order valence-corrected chi connectivity index (χ0v) is 15.2. The Balaban J connectivity index is 1.58. The third kappa shape index (κ3) is 4.87. The van der Waals surface area contributed by atoms with E-state index in [-0.39, 0.29) is 5.91 Å². The lowest BCUT2D eigenvalue weighted by molar-refractivity contribution is 0.102. The number of nitrogens with zero attached hydrogens (tertiary/aromatic N) is 2. The second-order valence-electron chi connectivity index (χ2n) is 5.60. The number of aryl methyl sites for hydroxylation is 1. The fraction of sp³-hybridized carbons (Fsp3) is 0.105. The normalized spacial score (nSPS) is 10.3. The van der Waals surface area contributed by atoms with E-state index >= 15 is 0 Å². The van der Waals surface area contributed by atoms with Crippen LogP contribution in [-0.2, 0) is 6.54 Å². The monoisotopic (exact) mass is 396 g/mol. The summed E-state index contributed by atoms with van der Waals surface area (Å²) in [4.78, 5) is 20.6. The lowest BCUT2D eigenvalue weighted by atomic mass is 10.1. The van der Waals surface area contributed by atoms with Gasteiger partial charge < -0.3 is 10.6 Å². The summed E-state index contributed by atoms with van der Waals surface area (Å²) in [6.45, 7) is 2.68. The number of carbonyl (C=O) groups is 1. The van der Waals surface area contributed by atoms with E-state index in [2.05, 4.69) is 67.7 Å². The Morgan fingerprint density at radius 2 is 1.64 bits per heavy atom. The van der Waals surface area contributed by atoms with Gasteiger partial charge in [-0.15, -0.1) is 0 Å². The number of hydrogen-bond acceptors (Lipinski definition) is 4. The fourth-order valence-corrected chi connectivity index (χ4v) is 2.42. The van der Waals surface area contributed by atoms with Gasteiger partial charge in [-0.25, -0.2) is 9.97 Å². The van der Waals surface area contributed by atoms with E-state index < -0.39 is 0 Å². The average Bonchev–Trinajstić information content (AvgIpc) is 2.63. The lowest BCUT2D eigenvalue weighted by Gasteiger charge is -2.07. The van der Waals surface area contributed by atoms with Crippen LogP contribution < -0.4 is 10.6 Å². The molecule has 1 amide bonds. The van der Waals surface area contributed by atoms with Crippen molar-refractivity contribution in [2.75, 3.05) is 10.6 Å². The minimum absolute atomic E-state index is 0.243. The number of anilines is 2.